The van der Waals surface area contributed by atoms with Gasteiger partial charge in [-0.2, -0.15) is 0 Å². The number of ketones is 2. The summed E-state index contributed by atoms with van der Waals surface area (Å²) in [6, 6.07) is 6.14. The summed E-state index contributed by atoms with van der Waals surface area (Å²) < 4.78 is 0. The van der Waals surface area contributed by atoms with Crippen LogP contribution in [0.2, 0.25) is 0 Å². The van der Waals surface area contributed by atoms with Gasteiger partial charge in [0.25, 0.3) is 0 Å². The normalized spacial score (nSPS) is 26.1. The summed E-state index contributed by atoms with van der Waals surface area (Å²) in [6.07, 6.45) is -3.25. The summed E-state index contributed by atoms with van der Waals surface area (Å²) in [7, 11) is 0. The molecule has 2 atom stereocenters. The highest BCUT2D eigenvalue weighted by atomic mass is 16.3. The molecule has 0 saturated carbocycles. The molecule has 4 nitrogen and oxygen atoms in total. The van der Waals surface area contributed by atoms with E-state index in [1.807, 2.05) is 0 Å². The number of hydrogen-bond acceptors (Lipinski definition) is 4. The number of carbonyl (C=O) groups excluding carboxylic acids is 2. The molecule has 2 unspecified atom stereocenters. The monoisotopic (exact) mass is 192 g/mol. The molecule has 14 heavy (non-hydrogen) atoms. The van der Waals surface area contributed by atoms with Crippen LogP contribution in [0.5, 0.6) is 0 Å². The van der Waals surface area contributed by atoms with Crippen LogP contribution in [0.4, 0.5) is 0 Å². The Kier molecular flexibility index (Phi) is 1.94. The van der Waals surface area contributed by atoms with Crippen LogP contribution in [-0.2, 0) is 0 Å². The Balaban J connectivity index is 2.62. The minimum atomic E-state index is -1.63. The van der Waals surface area contributed by atoms with Gasteiger partial charge in [-0.15, -0.1) is 0 Å². The highest BCUT2D eigenvalue weighted by Gasteiger charge is 2.38. The second-order valence-electron chi connectivity index (χ2n) is 3.16. The van der Waals surface area contributed by atoms with Crippen LogP contribution in [0.15, 0.2) is 24.3 Å². The van der Waals surface area contributed by atoms with E-state index in [0.717, 1.165) is 0 Å². The predicted octanol–water partition coefficient (Wildman–Crippen LogP) is -0.213. The Bertz CT molecular complexity index is 371. The minimum absolute atomic E-state index is 0.176. The number of carbonyl (C=O) groups is 2. The molecule has 1 aliphatic carbocycles. The lowest BCUT2D eigenvalue weighted by atomic mass is 9.86. The summed E-state index contributed by atoms with van der Waals surface area (Å²) in [4.78, 5) is 22.8. The van der Waals surface area contributed by atoms with Crippen LogP contribution in [0, 0.1) is 0 Å². The molecule has 2 N–H and O–H groups in total. The number of aliphatic hydroxyl groups excluding tert-OH is 2. The van der Waals surface area contributed by atoms with Gasteiger partial charge >= 0.3 is 0 Å². The van der Waals surface area contributed by atoms with E-state index in [9.17, 15) is 19.8 Å². The second kappa shape index (κ2) is 3.01. The van der Waals surface area contributed by atoms with Crippen molar-refractivity contribution >= 4 is 11.6 Å². The average molecular weight is 192 g/mol. The predicted molar refractivity (Wildman–Crippen MR) is 47.1 cm³/mol. The number of Topliss-reactive ketones (excluding diaryl/α,β-unsaturated/α-hetero) is 2. The lowest BCUT2D eigenvalue weighted by Crippen LogP contribution is -2.44. The number of hydrogen-bond donors (Lipinski definition) is 2. The Hall–Kier alpha value is -1.52. The third-order valence-corrected chi connectivity index (χ3v) is 2.29. The Morgan fingerprint density at radius 2 is 1.21 bits per heavy atom. The summed E-state index contributed by atoms with van der Waals surface area (Å²) in [5, 5.41) is 18.5. The van der Waals surface area contributed by atoms with E-state index in [0.29, 0.717) is 0 Å². The molecule has 0 heterocycles. The molecule has 1 aromatic rings. The van der Waals surface area contributed by atoms with Gasteiger partial charge in [-0.25, -0.2) is 0 Å². The van der Waals surface area contributed by atoms with Crippen LogP contribution in [-0.4, -0.2) is 34.0 Å². The first-order valence-corrected chi connectivity index (χ1v) is 4.16. The van der Waals surface area contributed by atoms with Crippen molar-refractivity contribution in [2.24, 2.45) is 0 Å². The van der Waals surface area contributed by atoms with E-state index in [1.54, 1.807) is 12.1 Å². The zero-order chi connectivity index (χ0) is 10.3. The van der Waals surface area contributed by atoms with Crippen molar-refractivity contribution in [3.8, 4) is 0 Å². The van der Waals surface area contributed by atoms with E-state index in [4.69, 9.17) is 0 Å². The maximum Gasteiger partial charge on any atom is 0.195 e. The highest BCUT2D eigenvalue weighted by molar-refractivity contribution is 6.17. The quantitative estimate of drug-likeness (QED) is 0.596. The third-order valence-electron chi connectivity index (χ3n) is 2.29. The van der Waals surface area contributed by atoms with Crippen molar-refractivity contribution in [3.05, 3.63) is 35.4 Å². The summed E-state index contributed by atoms with van der Waals surface area (Å²) in [5.74, 6) is -1.21. The Labute approximate surface area is 79.8 Å². The summed E-state index contributed by atoms with van der Waals surface area (Å²) in [5.41, 5.74) is 0.352. The first kappa shape index (κ1) is 9.05. The van der Waals surface area contributed by atoms with Crippen LogP contribution in [0.3, 0.4) is 0 Å². The van der Waals surface area contributed by atoms with Gasteiger partial charge in [0.2, 0.25) is 0 Å². The fourth-order valence-electron chi connectivity index (χ4n) is 1.52. The highest BCUT2D eigenvalue weighted by Crippen LogP contribution is 2.21. The zero-order valence-electron chi connectivity index (χ0n) is 7.18. The number of rotatable bonds is 0. The molecule has 0 spiro atoms. The van der Waals surface area contributed by atoms with E-state index >= 15 is 0 Å². The Morgan fingerprint density at radius 1 is 0.857 bits per heavy atom. The molecule has 0 saturated heterocycles. The van der Waals surface area contributed by atoms with E-state index < -0.39 is 23.8 Å². The zero-order valence-corrected chi connectivity index (χ0v) is 7.18. The number of aliphatic hydroxyl groups is 2. The molecule has 0 fully saturated rings. The molecule has 0 radical (unpaired) electrons. The topological polar surface area (TPSA) is 74.6 Å². The second-order valence-corrected chi connectivity index (χ2v) is 3.16. The number of benzene rings is 1. The van der Waals surface area contributed by atoms with Gasteiger partial charge in [0.1, 0.15) is 0 Å². The van der Waals surface area contributed by atoms with Gasteiger partial charge in [-0.05, 0) is 0 Å². The van der Waals surface area contributed by atoms with Gasteiger partial charge in [0.15, 0.2) is 23.8 Å². The lowest BCUT2D eigenvalue weighted by Gasteiger charge is -2.22. The smallest absolute Gasteiger partial charge is 0.195 e. The third kappa shape index (κ3) is 1.08. The van der Waals surface area contributed by atoms with Crippen molar-refractivity contribution < 1.29 is 19.8 Å². The van der Waals surface area contributed by atoms with Gasteiger partial charge in [0.05, 0.1) is 0 Å². The molecule has 0 bridgehead atoms. The largest absolute Gasteiger partial charge is 0.382 e. The molecular weight excluding hydrogens is 184 g/mol. The van der Waals surface area contributed by atoms with Crippen molar-refractivity contribution in [3.63, 3.8) is 0 Å². The maximum absolute atomic E-state index is 11.4. The lowest BCUT2D eigenvalue weighted by molar-refractivity contribution is 0.0184. The molecule has 1 aliphatic rings. The summed E-state index contributed by atoms with van der Waals surface area (Å²) >= 11 is 0. The van der Waals surface area contributed by atoms with Crippen molar-refractivity contribution in [2.75, 3.05) is 0 Å². The van der Waals surface area contributed by atoms with Gasteiger partial charge in [-0.3, -0.25) is 9.59 Å². The fourth-order valence-corrected chi connectivity index (χ4v) is 1.52. The van der Waals surface area contributed by atoms with Gasteiger partial charge in [0, 0.05) is 11.1 Å². The SMILES string of the molecule is O=C1c2ccccc2C(=O)C(O)C1O. The van der Waals surface area contributed by atoms with Gasteiger partial charge < -0.3 is 10.2 Å². The van der Waals surface area contributed by atoms with E-state index in [2.05, 4.69) is 0 Å². The molecule has 0 aliphatic heterocycles. The molecule has 72 valence electrons. The fraction of sp³-hybridized carbons (Fsp3) is 0.200. The Morgan fingerprint density at radius 3 is 1.57 bits per heavy atom. The molecule has 1 aromatic carbocycles. The molecule has 2 rings (SSSR count). The van der Waals surface area contributed by atoms with Crippen LogP contribution < -0.4 is 0 Å². The van der Waals surface area contributed by atoms with Crippen molar-refractivity contribution in [1.29, 1.82) is 0 Å². The van der Waals surface area contributed by atoms with Crippen LogP contribution in [0.25, 0.3) is 0 Å². The van der Waals surface area contributed by atoms with Crippen molar-refractivity contribution in [1.82, 2.24) is 0 Å². The molecule has 4 heteroatoms. The molecule has 0 aromatic heterocycles. The van der Waals surface area contributed by atoms with Crippen molar-refractivity contribution in [2.45, 2.75) is 12.2 Å². The first-order chi connectivity index (χ1) is 6.63. The van der Waals surface area contributed by atoms with Crippen LogP contribution in [0.1, 0.15) is 20.7 Å². The average Bonchev–Trinajstić information content (AvgIpc) is 2.23. The minimum Gasteiger partial charge on any atom is -0.382 e. The van der Waals surface area contributed by atoms with E-state index in [-0.39, 0.29) is 11.1 Å². The summed E-state index contributed by atoms with van der Waals surface area (Å²) in [6.45, 7) is 0. The standard InChI is InChI=1S/C10H8O4/c11-7-5-3-1-2-4-6(5)8(12)10(14)9(7)13/h1-4,9-10,13-14H. The van der Waals surface area contributed by atoms with E-state index in [1.165, 1.54) is 12.1 Å². The van der Waals surface area contributed by atoms with Gasteiger partial charge in [-0.1, -0.05) is 24.3 Å². The van der Waals surface area contributed by atoms with Crippen LogP contribution >= 0.6 is 0 Å². The first-order valence-electron chi connectivity index (χ1n) is 4.16. The molecular formula is C10H8O4. The number of fused-ring (bicyclic) bond motifs is 1. The maximum atomic E-state index is 11.4. The molecule has 0 amide bonds.